The molecule has 0 amide bonds. The van der Waals surface area contributed by atoms with Gasteiger partial charge in [-0.1, -0.05) is 13.3 Å². The van der Waals surface area contributed by atoms with E-state index >= 15 is 0 Å². The van der Waals surface area contributed by atoms with Gasteiger partial charge in [-0.3, -0.25) is 4.79 Å². The number of carbonyl (C=O) groups is 1. The third kappa shape index (κ3) is 7.76. The zero-order valence-electron chi connectivity index (χ0n) is 19.1. The van der Waals surface area contributed by atoms with Crippen molar-refractivity contribution >= 4 is 23.4 Å². The van der Waals surface area contributed by atoms with Gasteiger partial charge >= 0.3 is 5.97 Å². The van der Waals surface area contributed by atoms with Crippen molar-refractivity contribution in [3.63, 3.8) is 0 Å². The van der Waals surface area contributed by atoms with Crippen LogP contribution in [0.1, 0.15) is 77.4 Å². The molecule has 6 atom stereocenters. The number of thiazole rings is 1. The number of hydrogen-bond donors (Lipinski definition) is 2. The Morgan fingerprint density at radius 1 is 1.40 bits per heavy atom. The lowest BCUT2D eigenvalue weighted by molar-refractivity contribution is -0.149. The summed E-state index contributed by atoms with van der Waals surface area (Å²) in [5, 5.41) is 22.1. The highest BCUT2D eigenvalue weighted by Gasteiger charge is 2.52. The Labute approximate surface area is 184 Å². The number of nitrogens with zero attached hydrogens (tertiary/aromatic N) is 1. The number of hydrogen-bond acceptors (Lipinski definition) is 7. The number of aliphatic hydroxyl groups excluding tert-OH is 2. The lowest BCUT2D eigenvalue weighted by atomic mass is 9.91. The first kappa shape index (κ1) is 25.0. The van der Waals surface area contributed by atoms with Crippen LogP contribution in [0.3, 0.4) is 0 Å². The number of aliphatic hydroxyl groups is 2. The van der Waals surface area contributed by atoms with Gasteiger partial charge in [-0.15, -0.1) is 11.3 Å². The molecule has 6 unspecified atom stereocenters. The monoisotopic (exact) mass is 439 g/mol. The third-order valence-electron chi connectivity index (χ3n) is 5.88. The first-order chi connectivity index (χ1) is 14.0. The molecule has 2 N–H and O–H groups in total. The third-order valence-corrected chi connectivity index (χ3v) is 6.67. The summed E-state index contributed by atoms with van der Waals surface area (Å²) in [5.41, 5.74) is 1.56. The molecule has 0 bridgehead atoms. The first-order valence-electron chi connectivity index (χ1n) is 10.8. The van der Waals surface area contributed by atoms with Crippen LogP contribution in [0, 0.1) is 12.8 Å². The molecule has 0 radical (unpaired) electrons. The number of ether oxygens (including phenoxy) is 2. The molecule has 1 aliphatic rings. The number of rotatable bonds is 12. The van der Waals surface area contributed by atoms with Crippen LogP contribution >= 0.6 is 11.3 Å². The number of esters is 1. The Bertz CT molecular complexity index is 729. The fourth-order valence-corrected chi connectivity index (χ4v) is 4.14. The lowest BCUT2D eigenvalue weighted by Crippen LogP contribution is -2.25. The predicted octanol–water partition coefficient (Wildman–Crippen LogP) is 4.27. The molecule has 1 saturated heterocycles. The molecule has 0 aromatic carbocycles. The molecule has 0 spiro atoms. The van der Waals surface area contributed by atoms with E-state index in [0.29, 0.717) is 6.42 Å². The zero-order valence-corrected chi connectivity index (χ0v) is 19.9. The minimum absolute atomic E-state index is 0.0178. The van der Waals surface area contributed by atoms with E-state index in [1.54, 1.807) is 18.3 Å². The van der Waals surface area contributed by atoms with E-state index in [9.17, 15) is 15.0 Å². The van der Waals surface area contributed by atoms with Crippen molar-refractivity contribution < 1.29 is 24.5 Å². The van der Waals surface area contributed by atoms with Crippen molar-refractivity contribution in [1.82, 2.24) is 4.98 Å². The smallest absolute Gasteiger partial charge is 0.309 e. The summed E-state index contributed by atoms with van der Waals surface area (Å²) >= 11 is 1.58. The van der Waals surface area contributed by atoms with Crippen molar-refractivity contribution in [2.75, 3.05) is 0 Å². The maximum absolute atomic E-state index is 12.2. The van der Waals surface area contributed by atoms with E-state index in [4.69, 9.17) is 9.47 Å². The van der Waals surface area contributed by atoms with Crippen LogP contribution in [-0.4, -0.2) is 51.2 Å². The van der Waals surface area contributed by atoms with E-state index in [0.717, 1.165) is 35.5 Å². The molecule has 1 fully saturated rings. The average molecular weight is 440 g/mol. The molecule has 30 heavy (non-hydrogen) atoms. The summed E-state index contributed by atoms with van der Waals surface area (Å²) < 4.78 is 11.7. The van der Waals surface area contributed by atoms with Gasteiger partial charge in [0.05, 0.1) is 41.0 Å². The number of carbonyl (C=O) groups excluding carboxylic acids is 1. The summed E-state index contributed by atoms with van der Waals surface area (Å²) in [5.74, 6) is -0.142. The van der Waals surface area contributed by atoms with E-state index < -0.39 is 18.2 Å². The fourth-order valence-electron chi connectivity index (χ4n) is 3.57. The van der Waals surface area contributed by atoms with E-state index in [1.165, 1.54) is 0 Å². The summed E-state index contributed by atoms with van der Waals surface area (Å²) in [6.45, 7) is 11.5. The number of epoxide rings is 1. The predicted molar refractivity (Wildman–Crippen MR) is 119 cm³/mol. The van der Waals surface area contributed by atoms with Gasteiger partial charge in [0, 0.05) is 11.8 Å². The Morgan fingerprint density at radius 2 is 2.10 bits per heavy atom. The number of aryl methyl sites for hydroxylation is 1. The van der Waals surface area contributed by atoms with Crippen molar-refractivity contribution in [1.29, 1.82) is 0 Å². The van der Waals surface area contributed by atoms with Gasteiger partial charge in [0.1, 0.15) is 6.10 Å². The molecule has 0 saturated carbocycles. The second-order valence-electron chi connectivity index (χ2n) is 8.98. The van der Waals surface area contributed by atoms with Gasteiger partial charge < -0.3 is 19.7 Å². The molecule has 1 aromatic heterocycles. The summed E-state index contributed by atoms with van der Waals surface area (Å²) in [7, 11) is 0. The molecule has 0 aliphatic carbocycles. The second-order valence-corrected chi connectivity index (χ2v) is 10.0. The van der Waals surface area contributed by atoms with Gasteiger partial charge in [-0.05, 0) is 65.0 Å². The lowest BCUT2D eigenvalue weighted by Gasteiger charge is -2.19. The van der Waals surface area contributed by atoms with E-state index in [1.807, 2.05) is 32.2 Å². The molecule has 2 heterocycles. The van der Waals surface area contributed by atoms with Gasteiger partial charge in [0.15, 0.2) is 0 Å². The van der Waals surface area contributed by atoms with Gasteiger partial charge in [-0.25, -0.2) is 4.98 Å². The minimum atomic E-state index is -0.734. The standard InChI is InChI=1S/C23H37NO5S/c1-14(17(4)26)8-7-9-23(6)21(29-23)12-20(28-22(27)11-16(3)25)15(2)10-19-13-30-18(5)24-19/h10,13-14,16-17,20-21,25-26H,7-9,11-12H2,1-6H3/b15-10+. The Hall–Kier alpha value is -1.28. The largest absolute Gasteiger partial charge is 0.458 e. The Morgan fingerprint density at radius 3 is 2.67 bits per heavy atom. The summed E-state index contributed by atoms with van der Waals surface area (Å²) in [6.07, 6.45) is 3.93. The van der Waals surface area contributed by atoms with Crippen molar-refractivity contribution in [2.45, 2.75) is 104 Å². The highest BCUT2D eigenvalue weighted by atomic mass is 32.1. The molecule has 7 heteroatoms. The maximum atomic E-state index is 12.2. The van der Waals surface area contributed by atoms with E-state index in [-0.39, 0.29) is 30.1 Å². The normalized spacial score (nSPS) is 25.5. The molecular formula is C23H37NO5S. The zero-order chi connectivity index (χ0) is 22.5. The highest BCUT2D eigenvalue weighted by molar-refractivity contribution is 7.09. The Balaban J connectivity index is 1.99. The molecule has 1 aliphatic heterocycles. The van der Waals surface area contributed by atoms with Gasteiger partial charge in [-0.2, -0.15) is 0 Å². The van der Waals surface area contributed by atoms with Crippen LogP contribution < -0.4 is 0 Å². The van der Waals surface area contributed by atoms with Crippen LogP contribution in [0.15, 0.2) is 11.0 Å². The molecule has 1 aromatic rings. The van der Waals surface area contributed by atoms with Crippen LogP contribution in [0.5, 0.6) is 0 Å². The van der Waals surface area contributed by atoms with Crippen LogP contribution in [0.4, 0.5) is 0 Å². The van der Waals surface area contributed by atoms with E-state index in [2.05, 4.69) is 18.8 Å². The first-order valence-corrected chi connectivity index (χ1v) is 11.7. The van der Waals surface area contributed by atoms with Crippen molar-refractivity contribution in [2.24, 2.45) is 5.92 Å². The van der Waals surface area contributed by atoms with Crippen LogP contribution in [0.25, 0.3) is 6.08 Å². The van der Waals surface area contributed by atoms with Crippen LogP contribution in [-0.2, 0) is 14.3 Å². The SMILES string of the molecule is C/C(=C\c1csc(C)n1)C(CC1OC1(C)CCCC(C)C(C)O)OC(=O)CC(C)O. The average Bonchev–Trinajstić information content (AvgIpc) is 3.07. The van der Waals surface area contributed by atoms with Gasteiger partial charge in [0.2, 0.25) is 0 Å². The van der Waals surface area contributed by atoms with Crippen molar-refractivity contribution in [3.8, 4) is 0 Å². The van der Waals surface area contributed by atoms with Crippen LogP contribution in [0.2, 0.25) is 0 Å². The Kier molecular flexibility index (Phi) is 9.03. The summed E-state index contributed by atoms with van der Waals surface area (Å²) in [6, 6.07) is 0. The minimum Gasteiger partial charge on any atom is -0.458 e. The quantitative estimate of drug-likeness (QED) is 0.373. The molecule has 2 rings (SSSR count). The number of aromatic nitrogens is 1. The highest BCUT2D eigenvalue weighted by Crippen LogP contribution is 2.44. The molecule has 6 nitrogen and oxygen atoms in total. The second kappa shape index (κ2) is 10.8. The molecular weight excluding hydrogens is 402 g/mol. The topological polar surface area (TPSA) is 92.2 Å². The van der Waals surface area contributed by atoms with Crippen molar-refractivity contribution in [3.05, 3.63) is 21.7 Å². The maximum Gasteiger partial charge on any atom is 0.309 e. The summed E-state index contributed by atoms with van der Waals surface area (Å²) in [4.78, 5) is 16.7. The fraction of sp³-hybridized carbons (Fsp3) is 0.739. The van der Waals surface area contributed by atoms with Gasteiger partial charge in [0.25, 0.3) is 0 Å². The molecule has 170 valence electrons.